The van der Waals surface area contributed by atoms with Gasteiger partial charge in [0.15, 0.2) is 0 Å². The van der Waals surface area contributed by atoms with E-state index in [1.54, 1.807) is 6.21 Å². The van der Waals surface area contributed by atoms with Crippen LogP contribution in [-0.4, -0.2) is 23.7 Å². The first-order valence-electron chi connectivity index (χ1n) is 11.7. The number of thiazole rings is 1. The van der Waals surface area contributed by atoms with Gasteiger partial charge in [-0.15, -0.1) is 0 Å². The quantitative estimate of drug-likeness (QED) is 0.177. The summed E-state index contributed by atoms with van der Waals surface area (Å²) in [5.74, 6) is 0.551. The second kappa shape index (κ2) is 10.5. The molecule has 5 nitrogen and oxygen atoms in total. The Kier molecular flexibility index (Phi) is 6.87. The lowest BCUT2D eigenvalue weighted by atomic mass is 10.0. The van der Waals surface area contributed by atoms with Crippen molar-refractivity contribution in [2.75, 3.05) is 11.6 Å². The van der Waals surface area contributed by atoms with E-state index in [4.69, 9.17) is 9.72 Å². The van der Waals surface area contributed by atoms with Crippen LogP contribution in [-0.2, 0) is 0 Å². The van der Waals surface area contributed by atoms with Gasteiger partial charge in [-0.2, -0.15) is 10.1 Å². The van der Waals surface area contributed by atoms with E-state index in [1.807, 2.05) is 105 Å². The zero-order valence-electron chi connectivity index (χ0n) is 20.1. The molecule has 5 aromatic rings. The van der Waals surface area contributed by atoms with Crippen LogP contribution in [0.4, 0.5) is 5.13 Å². The van der Waals surface area contributed by atoms with Crippen molar-refractivity contribution in [1.29, 1.82) is 0 Å². The minimum atomic E-state index is -0.243. The fourth-order valence-corrected chi connectivity index (χ4v) is 4.82. The van der Waals surface area contributed by atoms with Crippen molar-refractivity contribution in [1.82, 2.24) is 4.98 Å². The number of aryl methyl sites for hydroxylation is 1. The molecule has 1 heterocycles. The third kappa shape index (κ3) is 5.19. The molecule has 1 amide bonds. The average molecular weight is 492 g/mol. The van der Waals surface area contributed by atoms with Gasteiger partial charge in [-0.05, 0) is 84.6 Å². The number of benzene rings is 4. The second-order valence-electron chi connectivity index (χ2n) is 8.27. The van der Waals surface area contributed by atoms with Crippen LogP contribution in [0.25, 0.3) is 21.3 Å². The smallest absolute Gasteiger partial charge is 0.280 e. The van der Waals surface area contributed by atoms with Gasteiger partial charge in [-0.25, -0.2) is 4.98 Å². The summed E-state index contributed by atoms with van der Waals surface area (Å²) in [7, 11) is 0. The first-order chi connectivity index (χ1) is 17.6. The first kappa shape index (κ1) is 23.5. The molecule has 0 atom stereocenters. The van der Waals surface area contributed by atoms with Gasteiger partial charge in [0.25, 0.3) is 5.91 Å². The average Bonchev–Trinajstić information content (AvgIpc) is 3.33. The molecule has 178 valence electrons. The van der Waals surface area contributed by atoms with E-state index in [1.165, 1.54) is 16.3 Å². The zero-order chi connectivity index (χ0) is 24.9. The Morgan fingerprint density at radius 2 is 1.67 bits per heavy atom. The molecule has 36 heavy (non-hydrogen) atoms. The Balaban J connectivity index is 1.48. The van der Waals surface area contributed by atoms with Crippen molar-refractivity contribution in [2.45, 2.75) is 13.8 Å². The van der Waals surface area contributed by atoms with Gasteiger partial charge in [0.05, 0.1) is 23.0 Å². The number of nitrogens with zero attached hydrogens (tertiary/aromatic N) is 3. The van der Waals surface area contributed by atoms with Gasteiger partial charge in [0.2, 0.25) is 5.13 Å². The predicted molar refractivity (Wildman–Crippen MR) is 148 cm³/mol. The third-order valence-corrected chi connectivity index (χ3v) is 6.65. The van der Waals surface area contributed by atoms with Gasteiger partial charge in [-0.3, -0.25) is 4.79 Å². The third-order valence-electron chi connectivity index (χ3n) is 5.66. The molecule has 1 aromatic heterocycles. The molecule has 6 heteroatoms. The van der Waals surface area contributed by atoms with Gasteiger partial charge >= 0.3 is 0 Å². The highest BCUT2D eigenvalue weighted by atomic mass is 32.1. The molecule has 0 aliphatic heterocycles. The number of rotatable bonds is 7. The van der Waals surface area contributed by atoms with Gasteiger partial charge in [-0.1, -0.05) is 59.9 Å². The highest BCUT2D eigenvalue weighted by Gasteiger charge is 2.21. The number of carbonyl (C=O) groups is 1. The number of aromatic nitrogens is 1. The normalized spacial score (nSPS) is 11.2. The van der Waals surface area contributed by atoms with E-state index < -0.39 is 0 Å². The Hall–Kier alpha value is -4.29. The summed E-state index contributed by atoms with van der Waals surface area (Å²) in [4.78, 5) is 18.4. The van der Waals surface area contributed by atoms with Crippen LogP contribution in [0.1, 0.15) is 28.4 Å². The molecule has 0 unspecified atom stereocenters. The predicted octanol–water partition coefficient (Wildman–Crippen LogP) is 7.35. The maximum Gasteiger partial charge on any atom is 0.280 e. The lowest BCUT2D eigenvalue weighted by molar-refractivity contribution is 0.0988. The molecule has 0 radical (unpaired) electrons. The molecule has 0 N–H and O–H groups in total. The van der Waals surface area contributed by atoms with Crippen molar-refractivity contribution < 1.29 is 9.53 Å². The molecule has 0 aliphatic rings. The number of amides is 1. The van der Waals surface area contributed by atoms with Crippen molar-refractivity contribution >= 4 is 38.8 Å². The van der Waals surface area contributed by atoms with Crippen molar-refractivity contribution in [3.63, 3.8) is 0 Å². The number of hydrogen-bond acceptors (Lipinski definition) is 5. The first-order valence-corrected chi connectivity index (χ1v) is 12.6. The highest BCUT2D eigenvalue weighted by Crippen LogP contribution is 2.31. The van der Waals surface area contributed by atoms with E-state index in [9.17, 15) is 4.79 Å². The van der Waals surface area contributed by atoms with Crippen LogP contribution < -0.4 is 9.75 Å². The van der Waals surface area contributed by atoms with Crippen molar-refractivity contribution in [3.05, 3.63) is 114 Å². The van der Waals surface area contributed by atoms with E-state index >= 15 is 0 Å². The fraction of sp³-hybridized carbons (Fsp3) is 0.100. The summed E-state index contributed by atoms with van der Waals surface area (Å²) in [6.07, 6.45) is 1.67. The number of hydrazone groups is 1. The molecule has 0 saturated heterocycles. The zero-order valence-corrected chi connectivity index (χ0v) is 20.9. The summed E-state index contributed by atoms with van der Waals surface area (Å²) in [6, 6.07) is 31.3. The number of ether oxygens (including phenoxy) is 1. The van der Waals surface area contributed by atoms with E-state index in [0.29, 0.717) is 17.3 Å². The van der Waals surface area contributed by atoms with E-state index in [2.05, 4.69) is 11.2 Å². The van der Waals surface area contributed by atoms with Crippen molar-refractivity contribution in [3.8, 4) is 16.9 Å². The Labute approximate surface area is 214 Å². The van der Waals surface area contributed by atoms with Crippen LogP contribution in [0, 0.1) is 6.92 Å². The molecular weight excluding hydrogens is 466 g/mol. The molecule has 0 aliphatic carbocycles. The molecule has 4 aromatic carbocycles. The summed E-state index contributed by atoms with van der Waals surface area (Å²) in [6.45, 7) is 4.60. The van der Waals surface area contributed by atoms with Gasteiger partial charge in [0.1, 0.15) is 5.75 Å². The lowest BCUT2D eigenvalue weighted by Gasteiger charge is -2.14. The summed E-state index contributed by atoms with van der Waals surface area (Å²) >= 11 is 1.45. The monoisotopic (exact) mass is 491 g/mol. The van der Waals surface area contributed by atoms with Crippen LogP contribution in [0.5, 0.6) is 5.75 Å². The highest BCUT2D eigenvalue weighted by molar-refractivity contribution is 7.22. The number of carbonyl (C=O) groups excluding carboxylic acids is 1. The van der Waals surface area contributed by atoms with Crippen LogP contribution in [0.3, 0.4) is 0 Å². The van der Waals surface area contributed by atoms with E-state index in [-0.39, 0.29) is 5.91 Å². The van der Waals surface area contributed by atoms with Gasteiger partial charge < -0.3 is 4.74 Å². The van der Waals surface area contributed by atoms with Gasteiger partial charge in [0, 0.05) is 5.56 Å². The Morgan fingerprint density at radius 1 is 0.944 bits per heavy atom. The number of hydrogen-bond donors (Lipinski definition) is 0. The maximum atomic E-state index is 13.7. The molecule has 0 fully saturated rings. The largest absolute Gasteiger partial charge is 0.494 e. The number of anilines is 1. The standard InChI is InChI=1S/C30H25N3O2S/c1-3-35-26-16-10-22(11-17-26)20-31-33(30-32-27-18-9-21(2)19-28(27)36-30)29(34)25-14-12-24(13-15-25)23-7-5-4-6-8-23/h4-20H,3H2,1-2H3/b31-20+. The molecule has 0 bridgehead atoms. The Bertz CT molecular complexity index is 1510. The summed E-state index contributed by atoms with van der Waals surface area (Å²) in [5, 5.41) is 6.49. The minimum absolute atomic E-state index is 0.243. The summed E-state index contributed by atoms with van der Waals surface area (Å²) in [5.41, 5.74) is 5.52. The topological polar surface area (TPSA) is 54.8 Å². The van der Waals surface area contributed by atoms with Crippen LogP contribution in [0.15, 0.2) is 102 Å². The summed E-state index contributed by atoms with van der Waals surface area (Å²) < 4.78 is 6.53. The second-order valence-corrected chi connectivity index (χ2v) is 9.28. The molecule has 5 rings (SSSR count). The number of fused-ring (bicyclic) bond motifs is 1. The van der Waals surface area contributed by atoms with Crippen LogP contribution in [0.2, 0.25) is 0 Å². The lowest BCUT2D eigenvalue weighted by Crippen LogP contribution is -2.25. The SMILES string of the molecule is CCOc1ccc(/C=N/N(C(=O)c2ccc(-c3ccccc3)cc2)c2nc3ccc(C)cc3s2)cc1. The minimum Gasteiger partial charge on any atom is -0.494 e. The van der Waals surface area contributed by atoms with E-state index in [0.717, 1.165) is 38.2 Å². The maximum absolute atomic E-state index is 13.7. The molecular formula is C30H25N3O2S. The fourth-order valence-electron chi connectivity index (χ4n) is 3.80. The Morgan fingerprint density at radius 3 is 2.39 bits per heavy atom. The molecule has 0 spiro atoms. The molecule has 0 saturated carbocycles. The van der Waals surface area contributed by atoms with Crippen LogP contribution >= 0.6 is 11.3 Å². The van der Waals surface area contributed by atoms with Crippen molar-refractivity contribution in [2.24, 2.45) is 5.10 Å².